The molecular formula is C6H9N3O8P2. The highest BCUT2D eigenvalue weighted by molar-refractivity contribution is 7.51. The number of phosphoric acid groups is 2. The van der Waals surface area contributed by atoms with Crippen molar-refractivity contribution in [2.45, 2.75) is 31.1 Å². The molecule has 106 valence electrons. The van der Waals surface area contributed by atoms with Gasteiger partial charge in [-0.3, -0.25) is 4.52 Å². The summed E-state index contributed by atoms with van der Waals surface area (Å²) in [7, 11) is -7.51. The zero-order valence-corrected chi connectivity index (χ0v) is 11.3. The maximum atomic E-state index is 12.1. The zero-order chi connectivity index (χ0) is 13.3. The van der Waals surface area contributed by atoms with E-state index in [1.165, 1.54) is 4.90 Å². The molecule has 0 aliphatic carbocycles. The number of nitrogens with two attached hydrogens (primary N) is 1. The summed E-state index contributed by atoms with van der Waals surface area (Å²) < 4.78 is 55.2. The quantitative estimate of drug-likeness (QED) is 0.649. The van der Waals surface area contributed by atoms with Gasteiger partial charge in [0.1, 0.15) is 0 Å². The average Bonchev–Trinajstić information content (AvgIpc) is 2.84. The van der Waals surface area contributed by atoms with Crippen LogP contribution in [0.4, 0.5) is 0 Å². The Hall–Kier alpha value is 0.1000. The van der Waals surface area contributed by atoms with Crippen LogP contribution in [0.3, 0.4) is 0 Å². The molecule has 19 heavy (non-hydrogen) atoms. The Bertz CT molecular complexity index is 587. The Morgan fingerprint density at radius 3 is 2.47 bits per heavy atom. The van der Waals surface area contributed by atoms with Gasteiger partial charge in [0.05, 0.1) is 6.17 Å². The Labute approximate surface area is 106 Å². The number of nitrogens with zero attached hydrogens (tertiary/aromatic N) is 2. The molecule has 6 aliphatic rings. The van der Waals surface area contributed by atoms with Crippen LogP contribution in [0, 0.1) is 0 Å². The van der Waals surface area contributed by atoms with Gasteiger partial charge in [-0.25, -0.2) is 32.1 Å². The van der Waals surface area contributed by atoms with Crippen LogP contribution in [0.5, 0.6) is 0 Å². The maximum absolute atomic E-state index is 12.1. The fourth-order valence-electron chi connectivity index (χ4n) is 2.89. The molecule has 0 radical (unpaired) electrons. The van der Waals surface area contributed by atoms with Crippen molar-refractivity contribution in [1.29, 1.82) is 0 Å². The third-order valence-electron chi connectivity index (χ3n) is 3.55. The van der Waals surface area contributed by atoms with Crippen molar-refractivity contribution in [2.75, 3.05) is 6.54 Å². The van der Waals surface area contributed by atoms with Gasteiger partial charge in [-0.05, 0) is 6.92 Å². The Morgan fingerprint density at radius 2 is 1.84 bits per heavy atom. The molecule has 2 N–H and O–H groups in total. The second kappa shape index (κ2) is 2.85. The van der Waals surface area contributed by atoms with Crippen LogP contribution in [-0.2, 0) is 36.4 Å². The summed E-state index contributed by atoms with van der Waals surface area (Å²) in [5.41, 5.74) is 5.85. The van der Waals surface area contributed by atoms with Crippen LogP contribution in [-0.4, -0.2) is 40.7 Å². The lowest BCUT2D eigenvalue weighted by Crippen LogP contribution is -2.79. The van der Waals surface area contributed by atoms with E-state index >= 15 is 0 Å². The highest BCUT2D eigenvalue weighted by Crippen LogP contribution is 2.86. The lowest BCUT2D eigenvalue weighted by atomic mass is 10.2. The van der Waals surface area contributed by atoms with Gasteiger partial charge in [-0.1, -0.05) is 5.06 Å². The van der Waals surface area contributed by atoms with Gasteiger partial charge in [0.25, 0.3) is 0 Å². The van der Waals surface area contributed by atoms with E-state index < -0.39 is 39.9 Å². The van der Waals surface area contributed by atoms with Gasteiger partial charge in [0.15, 0.2) is 6.23 Å². The Morgan fingerprint density at radius 1 is 1.21 bits per heavy atom. The molecule has 0 aromatic heterocycles. The maximum Gasteiger partial charge on any atom is 0.497 e. The van der Waals surface area contributed by atoms with Crippen LogP contribution in [0.25, 0.3) is 0 Å². The number of piperazine rings is 1. The fourth-order valence-corrected chi connectivity index (χ4v) is 6.15. The van der Waals surface area contributed by atoms with E-state index in [1.807, 2.05) is 0 Å². The van der Waals surface area contributed by atoms with Crippen LogP contribution in [0.15, 0.2) is 0 Å². The van der Waals surface area contributed by atoms with E-state index in [1.54, 1.807) is 6.92 Å². The van der Waals surface area contributed by atoms with Crippen molar-refractivity contribution in [2.24, 2.45) is 5.73 Å². The molecule has 4 atom stereocenters. The van der Waals surface area contributed by atoms with E-state index in [4.69, 9.17) is 33.0 Å². The minimum atomic E-state index is -3.78. The number of fused-ring (bicyclic) bond motifs is 1. The zero-order valence-electron chi connectivity index (χ0n) is 9.49. The monoisotopic (exact) mass is 313 g/mol. The van der Waals surface area contributed by atoms with E-state index in [0.717, 1.165) is 5.06 Å². The minimum Gasteiger partial charge on any atom is -0.316 e. The lowest BCUT2D eigenvalue weighted by molar-refractivity contribution is -0.454. The van der Waals surface area contributed by atoms with Crippen LogP contribution in [0.2, 0.25) is 0 Å². The topological polar surface area (TPSA) is 122 Å². The van der Waals surface area contributed by atoms with Gasteiger partial charge in [0, 0.05) is 6.54 Å². The largest absolute Gasteiger partial charge is 0.497 e. The number of rotatable bonds is 1. The van der Waals surface area contributed by atoms with E-state index in [0.29, 0.717) is 0 Å². The summed E-state index contributed by atoms with van der Waals surface area (Å²) in [5.74, 6) is -3.48. The predicted molar refractivity (Wildman–Crippen MR) is 53.2 cm³/mol. The summed E-state index contributed by atoms with van der Waals surface area (Å²) in [6.07, 6.45) is -1.25. The van der Waals surface area contributed by atoms with Gasteiger partial charge in [-0.2, -0.15) is 4.62 Å². The van der Waals surface area contributed by atoms with Gasteiger partial charge >= 0.3 is 27.5 Å². The molecule has 0 aromatic rings. The summed E-state index contributed by atoms with van der Waals surface area (Å²) in [6, 6.07) is 0. The third-order valence-corrected chi connectivity index (χ3v) is 6.32. The van der Waals surface area contributed by atoms with Crippen LogP contribution < -0.4 is 5.73 Å². The smallest absolute Gasteiger partial charge is 0.316 e. The minimum absolute atomic E-state index is 0.177. The van der Waals surface area contributed by atoms with Crippen LogP contribution in [0.1, 0.15) is 6.92 Å². The van der Waals surface area contributed by atoms with E-state index in [9.17, 15) is 9.13 Å². The summed E-state index contributed by atoms with van der Waals surface area (Å²) in [5, 5.41) is 1.10. The van der Waals surface area contributed by atoms with Crippen molar-refractivity contribution < 1.29 is 36.4 Å². The molecule has 0 aromatic carbocycles. The highest BCUT2D eigenvalue weighted by atomic mass is 31.2. The highest BCUT2D eigenvalue weighted by Gasteiger charge is 2.94. The number of hydroxylamine groups is 2. The number of hydrogen-bond donors (Lipinski definition) is 1. The number of phosphoric ester groups is 2. The first-order valence-corrected chi connectivity index (χ1v) is 8.47. The normalized spacial score (nSPS) is 64.0. The van der Waals surface area contributed by atoms with E-state index in [2.05, 4.69) is 0 Å². The molecule has 6 rings (SSSR count). The molecule has 6 saturated heterocycles. The lowest BCUT2D eigenvalue weighted by Gasteiger charge is -2.53. The Kier molecular flexibility index (Phi) is 1.76. The summed E-state index contributed by atoms with van der Waals surface area (Å²) in [4.78, 5) is 1.52. The Balaban J connectivity index is 1.72. The van der Waals surface area contributed by atoms with Crippen molar-refractivity contribution in [3.05, 3.63) is 0 Å². The van der Waals surface area contributed by atoms with Crippen molar-refractivity contribution in [3.63, 3.8) is 0 Å². The molecule has 6 fully saturated rings. The van der Waals surface area contributed by atoms with E-state index in [-0.39, 0.29) is 6.54 Å². The van der Waals surface area contributed by atoms with Gasteiger partial charge < -0.3 is 5.73 Å². The van der Waals surface area contributed by atoms with Crippen LogP contribution >= 0.6 is 15.6 Å². The molecule has 2 spiro atoms. The molecule has 4 bridgehead atoms. The molecule has 13 heteroatoms. The third kappa shape index (κ3) is 1.04. The van der Waals surface area contributed by atoms with Crippen molar-refractivity contribution in [3.8, 4) is 0 Å². The second-order valence-electron chi connectivity index (χ2n) is 4.78. The molecule has 0 saturated carbocycles. The first-order valence-electron chi connectivity index (χ1n) is 5.54. The van der Waals surface area contributed by atoms with Gasteiger partial charge in [-0.15, -0.1) is 0 Å². The molecule has 6 aliphatic heterocycles. The summed E-state index contributed by atoms with van der Waals surface area (Å²) >= 11 is 0. The summed E-state index contributed by atoms with van der Waals surface area (Å²) in [6.45, 7) is 1.86. The van der Waals surface area contributed by atoms with Crippen molar-refractivity contribution in [1.82, 2.24) is 9.96 Å². The first-order chi connectivity index (χ1) is 8.82. The average molecular weight is 313 g/mol. The fraction of sp³-hybridized carbons (Fsp3) is 1.00. The standard InChI is InChI=1S/C6H9N3O8P2/c1-3(7)8-2-4-9-6(15-18(10,12-4)17-9)5(8)13-19(11,14-5)16-6/h3-4H,2,7H2,1H3. The number of hydrogen-bond acceptors (Lipinski definition) is 11. The predicted octanol–water partition coefficient (Wildman–Crippen LogP) is -0.172. The SMILES string of the molecule is CC(N)N1CC2OP3(=O)ON2C2(O3)OP3(=O)OC12O3. The second-order valence-corrected chi connectivity index (χ2v) is 7.68. The molecule has 11 nitrogen and oxygen atoms in total. The molecule has 0 amide bonds. The van der Waals surface area contributed by atoms with Gasteiger partial charge in [0.2, 0.25) is 0 Å². The molecule has 4 unspecified atom stereocenters. The first kappa shape index (κ1) is 11.7. The van der Waals surface area contributed by atoms with Crippen molar-refractivity contribution >= 4 is 15.6 Å². The molecule has 6 heterocycles. The molecular weight excluding hydrogens is 304 g/mol.